The van der Waals surface area contributed by atoms with E-state index in [0.29, 0.717) is 10.8 Å². The number of hydrogen-bond donors (Lipinski definition) is 1. The van der Waals surface area contributed by atoms with Crippen molar-refractivity contribution in [1.82, 2.24) is 0 Å². The standard InChI is InChI=1S/C17H21NO2S/c1-13(2)17(14-7-5-4-6-8-14)18-15-9-11-16(12-10-15)21(3,19)20/h4-13,17-18H,1-3H3. The Kier molecular flexibility index (Phi) is 4.68. The molecule has 1 N–H and O–H groups in total. The molecule has 4 heteroatoms. The van der Waals surface area contributed by atoms with Crippen LogP contribution in [0.3, 0.4) is 0 Å². The topological polar surface area (TPSA) is 46.2 Å². The van der Waals surface area contributed by atoms with E-state index in [9.17, 15) is 8.42 Å². The zero-order chi connectivity index (χ0) is 15.5. The number of hydrogen-bond acceptors (Lipinski definition) is 3. The Morgan fingerprint density at radius 2 is 1.48 bits per heavy atom. The first kappa shape index (κ1) is 15.6. The fraction of sp³-hybridized carbons (Fsp3) is 0.294. The predicted molar refractivity (Wildman–Crippen MR) is 87.2 cm³/mol. The van der Waals surface area contributed by atoms with Crippen LogP contribution in [0.25, 0.3) is 0 Å². The third-order valence-electron chi connectivity index (χ3n) is 3.43. The lowest BCUT2D eigenvalue weighted by molar-refractivity contribution is 0.546. The van der Waals surface area contributed by atoms with Crippen molar-refractivity contribution in [3.05, 3.63) is 60.2 Å². The Morgan fingerprint density at radius 3 is 1.95 bits per heavy atom. The summed E-state index contributed by atoms with van der Waals surface area (Å²) >= 11 is 0. The van der Waals surface area contributed by atoms with Crippen molar-refractivity contribution in [2.24, 2.45) is 5.92 Å². The van der Waals surface area contributed by atoms with Crippen LogP contribution in [0.2, 0.25) is 0 Å². The first-order valence-corrected chi connectivity index (χ1v) is 8.88. The molecule has 0 aliphatic carbocycles. The Morgan fingerprint density at radius 1 is 0.905 bits per heavy atom. The van der Waals surface area contributed by atoms with Crippen LogP contribution in [0.4, 0.5) is 5.69 Å². The van der Waals surface area contributed by atoms with Gasteiger partial charge in [-0.15, -0.1) is 0 Å². The first-order chi connectivity index (χ1) is 9.88. The molecule has 2 aromatic rings. The zero-order valence-corrected chi connectivity index (χ0v) is 13.4. The van der Waals surface area contributed by atoms with Crippen molar-refractivity contribution < 1.29 is 8.42 Å². The Bertz CT molecular complexity index is 676. The highest BCUT2D eigenvalue weighted by molar-refractivity contribution is 7.90. The fourth-order valence-corrected chi connectivity index (χ4v) is 2.90. The largest absolute Gasteiger partial charge is 0.378 e. The third kappa shape index (κ3) is 4.08. The van der Waals surface area contributed by atoms with Crippen molar-refractivity contribution in [3.63, 3.8) is 0 Å². The quantitative estimate of drug-likeness (QED) is 0.911. The SMILES string of the molecule is CC(C)C(Nc1ccc(S(C)(=O)=O)cc1)c1ccccc1. The number of sulfone groups is 1. The second kappa shape index (κ2) is 6.31. The lowest BCUT2D eigenvalue weighted by Gasteiger charge is -2.24. The molecule has 0 heterocycles. The van der Waals surface area contributed by atoms with Crippen molar-refractivity contribution in [3.8, 4) is 0 Å². The van der Waals surface area contributed by atoms with Crippen LogP contribution < -0.4 is 5.32 Å². The highest BCUT2D eigenvalue weighted by Crippen LogP contribution is 2.26. The molecule has 2 aromatic carbocycles. The van der Waals surface area contributed by atoms with E-state index >= 15 is 0 Å². The minimum atomic E-state index is -3.14. The van der Waals surface area contributed by atoms with Gasteiger partial charge in [-0.25, -0.2) is 8.42 Å². The van der Waals surface area contributed by atoms with Crippen molar-refractivity contribution in [2.45, 2.75) is 24.8 Å². The summed E-state index contributed by atoms with van der Waals surface area (Å²) in [6.45, 7) is 4.32. The van der Waals surface area contributed by atoms with Crippen molar-refractivity contribution in [1.29, 1.82) is 0 Å². The molecule has 0 bridgehead atoms. The average molecular weight is 303 g/mol. The molecular weight excluding hydrogens is 282 g/mol. The summed E-state index contributed by atoms with van der Waals surface area (Å²) in [4.78, 5) is 0.342. The van der Waals surface area contributed by atoms with Gasteiger partial charge >= 0.3 is 0 Å². The monoisotopic (exact) mass is 303 g/mol. The Labute approximate surface area is 126 Å². The Hall–Kier alpha value is -1.81. The fourth-order valence-electron chi connectivity index (χ4n) is 2.27. The molecule has 0 aromatic heterocycles. The lowest BCUT2D eigenvalue weighted by Crippen LogP contribution is -2.16. The molecule has 1 atom stereocenters. The van der Waals surface area contributed by atoms with E-state index < -0.39 is 9.84 Å². The van der Waals surface area contributed by atoms with Crippen LogP contribution in [0, 0.1) is 5.92 Å². The van der Waals surface area contributed by atoms with Crippen LogP contribution in [-0.4, -0.2) is 14.7 Å². The first-order valence-electron chi connectivity index (χ1n) is 6.99. The molecule has 0 fully saturated rings. The molecule has 0 aliphatic rings. The van der Waals surface area contributed by atoms with E-state index in [4.69, 9.17) is 0 Å². The van der Waals surface area contributed by atoms with Crippen LogP contribution in [-0.2, 0) is 9.84 Å². The average Bonchev–Trinajstić information content (AvgIpc) is 2.45. The maximum absolute atomic E-state index is 11.5. The molecule has 2 rings (SSSR count). The van der Waals surface area contributed by atoms with Gasteiger partial charge in [0.1, 0.15) is 0 Å². The molecule has 0 saturated carbocycles. The van der Waals surface area contributed by atoms with E-state index in [2.05, 4.69) is 31.3 Å². The second-order valence-corrected chi connectivity index (χ2v) is 7.59. The second-order valence-electron chi connectivity index (χ2n) is 5.57. The molecule has 0 amide bonds. The Balaban J connectivity index is 2.22. The van der Waals surface area contributed by atoms with Crippen LogP contribution in [0.5, 0.6) is 0 Å². The molecular formula is C17H21NO2S. The van der Waals surface area contributed by atoms with Crippen LogP contribution >= 0.6 is 0 Å². The van der Waals surface area contributed by atoms with E-state index in [1.807, 2.05) is 30.3 Å². The maximum atomic E-state index is 11.5. The van der Waals surface area contributed by atoms with Gasteiger partial charge in [-0.1, -0.05) is 44.2 Å². The summed E-state index contributed by atoms with van der Waals surface area (Å²) < 4.78 is 23.0. The van der Waals surface area contributed by atoms with Gasteiger partial charge in [0.2, 0.25) is 0 Å². The third-order valence-corrected chi connectivity index (χ3v) is 4.56. The normalized spacial score (nSPS) is 13.1. The highest BCUT2D eigenvalue weighted by Gasteiger charge is 2.15. The smallest absolute Gasteiger partial charge is 0.175 e. The van der Waals surface area contributed by atoms with Gasteiger partial charge in [-0.05, 0) is 35.7 Å². The zero-order valence-electron chi connectivity index (χ0n) is 12.6. The summed E-state index contributed by atoms with van der Waals surface area (Å²) in [6, 6.07) is 17.4. The van der Waals surface area contributed by atoms with E-state index in [-0.39, 0.29) is 6.04 Å². The minimum Gasteiger partial charge on any atom is -0.378 e. The van der Waals surface area contributed by atoms with Crippen molar-refractivity contribution >= 4 is 15.5 Å². The van der Waals surface area contributed by atoms with E-state index in [1.54, 1.807) is 12.1 Å². The van der Waals surface area contributed by atoms with Gasteiger partial charge in [0.25, 0.3) is 0 Å². The summed E-state index contributed by atoms with van der Waals surface area (Å²) in [5.41, 5.74) is 2.14. The summed E-state index contributed by atoms with van der Waals surface area (Å²) in [7, 11) is -3.14. The van der Waals surface area contributed by atoms with Gasteiger partial charge in [0, 0.05) is 11.9 Å². The molecule has 112 valence electrons. The van der Waals surface area contributed by atoms with Crippen LogP contribution in [0.15, 0.2) is 59.5 Å². The van der Waals surface area contributed by atoms with Crippen molar-refractivity contribution in [2.75, 3.05) is 11.6 Å². The summed E-state index contributed by atoms with van der Waals surface area (Å²) in [6.07, 6.45) is 1.22. The van der Waals surface area contributed by atoms with Gasteiger partial charge in [0.05, 0.1) is 10.9 Å². The molecule has 1 unspecified atom stereocenters. The highest BCUT2D eigenvalue weighted by atomic mass is 32.2. The molecule has 0 radical (unpaired) electrons. The van der Waals surface area contributed by atoms with E-state index in [0.717, 1.165) is 5.69 Å². The minimum absolute atomic E-state index is 0.190. The molecule has 0 spiro atoms. The molecule has 3 nitrogen and oxygen atoms in total. The van der Waals surface area contributed by atoms with E-state index in [1.165, 1.54) is 11.8 Å². The van der Waals surface area contributed by atoms with Gasteiger partial charge in [-0.2, -0.15) is 0 Å². The lowest BCUT2D eigenvalue weighted by atomic mass is 9.96. The van der Waals surface area contributed by atoms with Gasteiger partial charge in [-0.3, -0.25) is 0 Å². The molecule has 0 saturated heterocycles. The number of nitrogens with one attached hydrogen (secondary N) is 1. The number of rotatable bonds is 5. The number of benzene rings is 2. The maximum Gasteiger partial charge on any atom is 0.175 e. The molecule has 0 aliphatic heterocycles. The van der Waals surface area contributed by atoms with Gasteiger partial charge in [0.15, 0.2) is 9.84 Å². The predicted octanol–water partition coefficient (Wildman–Crippen LogP) is 3.90. The number of anilines is 1. The van der Waals surface area contributed by atoms with Crippen LogP contribution in [0.1, 0.15) is 25.5 Å². The molecule has 21 heavy (non-hydrogen) atoms. The summed E-state index contributed by atoms with van der Waals surface area (Å²) in [5.74, 6) is 0.419. The summed E-state index contributed by atoms with van der Waals surface area (Å²) in [5, 5.41) is 3.48. The van der Waals surface area contributed by atoms with Gasteiger partial charge < -0.3 is 5.32 Å².